The molecule has 0 atom stereocenters. The maximum Gasteiger partial charge on any atom is 0.206 e. The lowest BCUT2D eigenvalue weighted by Crippen LogP contribution is -2.15. The van der Waals surface area contributed by atoms with E-state index in [0.717, 1.165) is 35.1 Å². The van der Waals surface area contributed by atoms with Crippen molar-refractivity contribution in [2.24, 2.45) is 5.92 Å². The SMILES string of the molecule is Cc1ccc(-n2c(CC3CCSCC3)nc3cccnc32)o1. The lowest BCUT2D eigenvalue weighted by Gasteiger charge is -2.20. The van der Waals surface area contributed by atoms with Crippen molar-refractivity contribution in [2.45, 2.75) is 26.2 Å². The first-order valence-corrected chi connectivity index (χ1v) is 8.93. The van der Waals surface area contributed by atoms with Crippen LogP contribution in [0.3, 0.4) is 0 Å². The van der Waals surface area contributed by atoms with Crippen molar-refractivity contribution in [3.63, 3.8) is 0 Å². The zero-order valence-corrected chi connectivity index (χ0v) is 13.5. The molecule has 4 heterocycles. The van der Waals surface area contributed by atoms with Crippen molar-refractivity contribution < 1.29 is 4.42 Å². The Hall–Kier alpha value is -1.75. The molecule has 1 aliphatic heterocycles. The van der Waals surface area contributed by atoms with E-state index in [2.05, 4.69) is 21.3 Å². The van der Waals surface area contributed by atoms with E-state index in [1.165, 1.54) is 24.3 Å². The zero-order valence-electron chi connectivity index (χ0n) is 12.7. The van der Waals surface area contributed by atoms with E-state index in [1.54, 1.807) is 0 Å². The molecule has 1 aliphatic rings. The summed E-state index contributed by atoms with van der Waals surface area (Å²) < 4.78 is 7.93. The molecule has 3 aromatic rings. The van der Waals surface area contributed by atoms with Crippen LogP contribution in [-0.2, 0) is 6.42 Å². The highest BCUT2D eigenvalue weighted by Crippen LogP contribution is 2.28. The predicted octanol–water partition coefficient (Wildman–Crippen LogP) is 4.01. The fourth-order valence-corrected chi connectivity index (χ4v) is 4.28. The van der Waals surface area contributed by atoms with Gasteiger partial charge in [-0.05, 0) is 55.4 Å². The van der Waals surface area contributed by atoms with Crippen molar-refractivity contribution in [3.8, 4) is 5.88 Å². The molecule has 0 bridgehead atoms. The normalized spacial score (nSPS) is 16.4. The maximum atomic E-state index is 5.84. The molecule has 0 amide bonds. The second kappa shape index (κ2) is 5.80. The average molecular weight is 313 g/mol. The van der Waals surface area contributed by atoms with Gasteiger partial charge in [0.15, 0.2) is 5.65 Å². The summed E-state index contributed by atoms with van der Waals surface area (Å²) >= 11 is 2.06. The smallest absolute Gasteiger partial charge is 0.206 e. The van der Waals surface area contributed by atoms with Crippen LogP contribution in [0.4, 0.5) is 0 Å². The van der Waals surface area contributed by atoms with Crippen LogP contribution in [0.25, 0.3) is 17.0 Å². The summed E-state index contributed by atoms with van der Waals surface area (Å²) in [5.41, 5.74) is 1.83. The molecule has 0 aromatic carbocycles. The molecule has 0 saturated carbocycles. The summed E-state index contributed by atoms with van der Waals surface area (Å²) in [6.07, 6.45) is 5.37. The number of imidazole rings is 1. The first-order chi connectivity index (χ1) is 10.8. The molecule has 1 fully saturated rings. The summed E-state index contributed by atoms with van der Waals surface area (Å²) in [6.45, 7) is 1.97. The van der Waals surface area contributed by atoms with Gasteiger partial charge >= 0.3 is 0 Å². The highest BCUT2D eigenvalue weighted by atomic mass is 32.2. The average Bonchev–Trinajstić information content (AvgIpc) is 3.11. The van der Waals surface area contributed by atoms with Gasteiger partial charge in [0, 0.05) is 18.7 Å². The Kier molecular flexibility index (Phi) is 3.66. The van der Waals surface area contributed by atoms with Gasteiger partial charge in [0.05, 0.1) is 0 Å². The number of nitrogens with zero attached hydrogens (tertiary/aromatic N) is 3. The third-order valence-corrected chi connectivity index (χ3v) is 5.29. The number of aromatic nitrogens is 3. The fourth-order valence-electron chi connectivity index (χ4n) is 3.08. The van der Waals surface area contributed by atoms with E-state index in [1.807, 2.05) is 37.4 Å². The van der Waals surface area contributed by atoms with E-state index >= 15 is 0 Å². The van der Waals surface area contributed by atoms with Crippen LogP contribution in [-0.4, -0.2) is 26.0 Å². The van der Waals surface area contributed by atoms with Gasteiger partial charge < -0.3 is 4.42 Å². The Morgan fingerprint density at radius 2 is 2.14 bits per heavy atom. The molecule has 22 heavy (non-hydrogen) atoms. The molecule has 0 spiro atoms. The van der Waals surface area contributed by atoms with Gasteiger partial charge in [0.1, 0.15) is 17.1 Å². The molecule has 0 N–H and O–H groups in total. The molecule has 4 rings (SSSR count). The van der Waals surface area contributed by atoms with Crippen LogP contribution >= 0.6 is 11.8 Å². The van der Waals surface area contributed by atoms with E-state index in [9.17, 15) is 0 Å². The van der Waals surface area contributed by atoms with Gasteiger partial charge in [-0.3, -0.25) is 0 Å². The summed E-state index contributed by atoms with van der Waals surface area (Å²) in [4.78, 5) is 9.34. The quantitative estimate of drug-likeness (QED) is 0.733. The Balaban J connectivity index is 1.79. The maximum absolute atomic E-state index is 5.84. The van der Waals surface area contributed by atoms with Gasteiger partial charge in [-0.15, -0.1) is 0 Å². The number of fused-ring (bicyclic) bond motifs is 1. The van der Waals surface area contributed by atoms with Crippen LogP contribution in [0.1, 0.15) is 24.4 Å². The summed E-state index contributed by atoms with van der Waals surface area (Å²) in [7, 11) is 0. The Morgan fingerprint density at radius 1 is 1.27 bits per heavy atom. The van der Waals surface area contributed by atoms with E-state index in [-0.39, 0.29) is 0 Å². The predicted molar refractivity (Wildman–Crippen MR) is 89.6 cm³/mol. The Bertz CT molecular complexity index is 786. The minimum Gasteiger partial charge on any atom is -0.445 e. The molecule has 3 aromatic heterocycles. The van der Waals surface area contributed by atoms with Crippen LogP contribution in [0.2, 0.25) is 0 Å². The number of thioether (sulfide) groups is 1. The highest BCUT2D eigenvalue weighted by Gasteiger charge is 2.21. The second-order valence-corrected chi connectivity index (χ2v) is 7.08. The first kappa shape index (κ1) is 13.9. The lowest BCUT2D eigenvalue weighted by molar-refractivity contribution is 0.461. The number of pyridine rings is 1. The van der Waals surface area contributed by atoms with Crippen molar-refractivity contribution >= 4 is 22.9 Å². The first-order valence-electron chi connectivity index (χ1n) is 7.78. The Labute approximate surface area is 133 Å². The van der Waals surface area contributed by atoms with Crippen LogP contribution < -0.4 is 0 Å². The van der Waals surface area contributed by atoms with Gasteiger partial charge in [-0.1, -0.05) is 0 Å². The largest absolute Gasteiger partial charge is 0.445 e. The van der Waals surface area contributed by atoms with E-state index in [4.69, 9.17) is 9.40 Å². The van der Waals surface area contributed by atoms with Crippen molar-refractivity contribution in [1.82, 2.24) is 14.5 Å². The van der Waals surface area contributed by atoms with Crippen molar-refractivity contribution in [1.29, 1.82) is 0 Å². The molecule has 0 radical (unpaired) electrons. The molecule has 1 saturated heterocycles. The van der Waals surface area contributed by atoms with Crippen molar-refractivity contribution in [3.05, 3.63) is 42.0 Å². The zero-order chi connectivity index (χ0) is 14.9. The van der Waals surface area contributed by atoms with E-state index in [0.29, 0.717) is 5.92 Å². The van der Waals surface area contributed by atoms with Crippen LogP contribution in [0.5, 0.6) is 0 Å². The molecule has 0 aliphatic carbocycles. The fraction of sp³-hybridized carbons (Fsp3) is 0.412. The minimum atomic E-state index is 0.716. The molecule has 5 heteroatoms. The molecular weight excluding hydrogens is 294 g/mol. The number of hydrogen-bond donors (Lipinski definition) is 0. The summed E-state index contributed by atoms with van der Waals surface area (Å²) in [5, 5.41) is 0. The molecule has 0 unspecified atom stereocenters. The number of furan rings is 1. The van der Waals surface area contributed by atoms with Gasteiger partial charge in [0.25, 0.3) is 0 Å². The third-order valence-electron chi connectivity index (χ3n) is 4.24. The number of rotatable bonds is 3. The van der Waals surface area contributed by atoms with Crippen LogP contribution in [0, 0.1) is 12.8 Å². The number of aryl methyl sites for hydroxylation is 1. The molecule has 114 valence electrons. The van der Waals surface area contributed by atoms with Gasteiger partial charge in [-0.2, -0.15) is 11.8 Å². The van der Waals surface area contributed by atoms with Crippen molar-refractivity contribution in [2.75, 3.05) is 11.5 Å². The monoisotopic (exact) mass is 313 g/mol. The van der Waals surface area contributed by atoms with E-state index < -0.39 is 0 Å². The minimum absolute atomic E-state index is 0.716. The molecular formula is C17H19N3OS. The topological polar surface area (TPSA) is 43.9 Å². The lowest BCUT2D eigenvalue weighted by atomic mass is 9.98. The standard InChI is InChI=1S/C17H19N3OS/c1-12-4-5-16(21-12)20-15(11-13-6-9-22-10-7-13)19-14-3-2-8-18-17(14)20/h2-5,8,13H,6-7,9-11H2,1H3. The summed E-state index contributed by atoms with van der Waals surface area (Å²) in [5.74, 6) is 6.05. The van der Waals surface area contributed by atoms with Crippen LogP contribution in [0.15, 0.2) is 34.9 Å². The van der Waals surface area contributed by atoms with Gasteiger partial charge in [0.2, 0.25) is 5.88 Å². The second-order valence-electron chi connectivity index (χ2n) is 5.85. The number of hydrogen-bond acceptors (Lipinski definition) is 4. The highest BCUT2D eigenvalue weighted by molar-refractivity contribution is 7.99. The summed E-state index contributed by atoms with van der Waals surface area (Å²) in [6, 6.07) is 7.96. The Morgan fingerprint density at radius 3 is 2.91 bits per heavy atom. The third kappa shape index (κ3) is 2.54. The molecule has 4 nitrogen and oxygen atoms in total. The van der Waals surface area contributed by atoms with Gasteiger partial charge in [-0.25, -0.2) is 14.5 Å².